The summed E-state index contributed by atoms with van der Waals surface area (Å²) in [5.74, 6) is 0.865. The van der Waals surface area contributed by atoms with Crippen LogP contribution in [0, 0.1) is 11.3 Å². The molecule has 74 valence electrons. The Morgan fingerprint density at radius 2 is 2.23 bits per heavy atom. The molecule has 2 unspecified atom stereocenters. The number of nitrogens with one attached hydrogen (secondary N) is 1. The number of hydrogen-bond donors (Lipinski definition) is 2. The quantitative estimate of drug-likeness (QED) is 0.673. The van der Waals surface area contributed by atoms with Crippen molar-refractivity contribution in [3.05, 3.63) is 0 Å². The SMILES string of the molecule is CC1CCC1NC(=O)C1(CN)CC1. The minimum atomic E-state index is -0.171. The first-order chi connectivity index (χ1) is 6.18. The first-order valence-corrected chi connectivity index (χ1v) is 5.19. The zero-order valence-corrected chi connectivity index (χ0v) is 8.18. The molecule has 0 aromatic carbocycles. The van der Waals surface area contributed by atoms with E-state index in [9.17, 15) is 4.79 Å². The van der Waals surface area contributed by atoms with Gasteiger partial charge in [0.1, 0.15) is 0 Å². The molecule has 3 N–H and O–H groups in total. The number of hydrogen-bond acceptors (Lipinski definition) is 2. The van der Waals surface area contributed by atoms with Gasteiger partial charge in [0.15, 0.2) is 0 Å². The average Bonchev–Trinajstić information content (AvgIpc) is 2.92. The van der Waals surface area contributed by atoms with Crippen LogP contribution in [-0.2, 0) is 4.79 Å². The van der Waals surface area contributed by atoms with E-state index >= 15 is 0 Å². The summed E-state index contributed by atoms with van der Waals surface area (Å²) in [5.41, 5.74) is 5.41. The van der Waals surface area contributed by atoms with E-state index in [1.165, 1.54) is 6.42 Å². The molecule has 0 aliphatic heterocycles. The predicted octanol–water partition coefficient (Wildman–Crippen LogP) is 0.640. The highest BCUT2D eigenvalue weighted by molar-refractivity contribution is 5.85. The van der Waals surface area contributed by atoms with Crippen molar-refractivity contribution >= 4 is 5.91 Å². The van der Waals surface area contributed by atoms with Crippen molar-refractivity contribution in [3.8, 4) is 0 Å². The predicted molar refractivity (Wildman–Crippen MR) is 51.1 cm³/mol. The lowest BCUT2D eigenvalue weighted by Gasteiger charge is -2.35. The Balaban J connectivity index is 1.85. The van der Waals surface area contributed by atoms with E-state index in [4.69, 9.17) is 5.73 Å². The van der Waals surface area contributed by atoms with Crippen molar-refractivity contribution < 1.29 is 4.79 Å². The van der Waals surface area contributed by atoms with Crippen molar-refractivity contribution in [1.29, 1.82) is 0 Å². The molecular weight excluding hydrogens is 164 g/mol. The number of rotatable bonds is 3. The lowest BCUT2D eigenvalue weighted by atomic mass is 9.81. The van der Waals surface area contributed by atoms with Gasteiger partial charge in [-0.3, -0.25) is 4.79 Å². The van der Waals surface area contributed by atoms with Crippen LogP contribution < -0.4 is 11.1 Å². The van der Waals surface area contributed by atoms with Crippen LogP contribution in [0.5, 0.6) is 0 Å². The van der Waals surface area contributed by atoms with Crippen molar-refractivity contribution in [2.45, 2.75) is 38.6 Å². The zero-order valence-electron chi connectivity index (χ0n) is 8.18. The van der Waals surface area contributed by atoms with Gasteiger partial charge in [-0.05, 0) is 31.6 Å². The Labute approximate surface area is 79.1 Å². The average molecular weight is 182 g/mol. The fourth-order valence-electron chi connectivity index (χ4n) is 1.88. The Morgan fingerprint density at radius 3 is 2.54 bits per heavy atom. The molecule has 0 radical (unpaired) electrons. The second-order valence-corrected chi connectivity index (χ2v) is 4.62. The van der Waals surface area contributed by atoms with Crippen LogP contribution in [0.1, 0.15) is 32.6 Å². The van der Waals surface area contributed by atoms with Crippen LogP contribution in [-0.4, -0.2) is 18.5 Å². The summed E-state index contributed by atoms with van der Waals surface area (Å²) in [5, 5.41) is 3.10. The van der Waals surface area contributed by atoms with Crippen LogP contribution in [0.2, 0.25) is 0 Å². The van der Waals surface area contributed by atoms with E-state index in [0.29, 0.717) is 18.5 Å². The summed E-state index contributed by atoms with van der Waals surface area (Å²) in [4.78, 5) is 11.7. The Morgan fingerprint density at radius 1 is 1.54 bits per heavy atom. The minimum Gasteiger partial charge on any atom is -0.353 e. The highest BCUT2D eigenvalue weighted by atomic mass is 16.2. The van der Waals surface area contributed by atoms with Gasteiger partial charge in [0.2, 0.25) is 5.91 Å². The standard InChI is InChI=1S/C10H18N2O/c1-7-2-3-8(7)12-9(13)10(6-11)4-5-10/h7-8H,2-6,11H2,1H3,(H,12,13). The van der Waals surface area contributed by atoms with Gasteiger partial charge in [0, 0.05) is 12.6 Å². The summed E-state index contributed by atoms with van der Waals surface area (Å²) < 4.78 is 0. The molecule has 0 spiro atoms. The van der Waals surface area contributed by atoms with Gasteiger partial charge < -0.3 is 11.1 Å². The largest absolute Gasteiger partial charge is 0.353 e. The third-order valence-corrected chi connectivity index (χ3v) is 3.66. The Hall–Kier alpha value is -0.570. The molecule has 2 aliphatic rings. The van der Waals surface area contributed by atoms with Gasteiger partial charge in [-0.25, -0.2) is 0 Å². The smallest absolute Gasteiger partial charge is 0.227 e. The molecule has 0 heterocycles. The molecule has 0 saturated heterocycles. The van der Waals surface area contributed by atoms with Crippen molar-refractivity contribution in [3.63, 3.8) is 0 Å². The minimum absolute atomic E-state index is 0.171. The topological polar surface area (TPSA) is 55.1 Å². The van der Waals surface area contributed by atoms with Crippen molar-refractivity contribution in [2.24, 2.45) is 17.1 Å². The van der Waals surface area contributed by atoms with E-state index in [0.717, 1.165) is 19.3 Å². The van der Waals surface area contributed by atoms with Crippen LogP contribution in [0.15, 0.2) is 0 Å². The molecule has 2 aliphatic carbocycles. The Bertz CT molecular complexity index is 223. The molecule has 2 fully saturated rings. The third-order valence-electron chi connectivity index (χ3n) is 3.66. The lowest BCUT2D eigenvalue weighted by molar-refractivity contribution is -0.127. The molecular formula is C10H18N2O. The number of nitrogens with two attached hydrogens (primary N) is 1. The fourth-order valence-corrected chi connectivity index (χ4v) is 1.88. The normalized spacial score (nSPS) is 34.9. The van der Waals surface area contributed by atoms with Crippen LogP contribution in [0.3, 0.4) is 0 Å². The molecule has 2 rings (SSSR count). The fraction of sp³-hybridized carbons (Fsp3) is 0.900. The van der Waals surface area contributed by atoms with Crippen molar-refractivity contribution in [2.75, 3.05) is 6.54 Å². The lowest BCUT2D eigenvalue weighted by Crippen LogP contribution is -2.49. The second-order valence-electron chi connectivity index (χ2n) is 4.62. The van der Waals surface area contributed by atoms with Gasteiger partial charge >= 0.3 is 0 Å². The monoisotopic (exact) mass is 182 g/mol. The van der Waals surface area contributed by atoms with E-state index in [-0.39, 0.29) is 11.3 Å². The van der Waals surface area contributed by atoms with Gasteiger partial charge in [0.05, 0.1) is 5.41 Å². The summed E-state index contributed by atoms with van der Waals surface area (Å²) >= 11 is 0. The first kappa shape index (κ1) is 9.00. The number of carbonyl (C=O) groups is 1. The van der Waals surface area contributed by atoms with Crippen LogP contribution >= 0.6 is 0 Å². The molecule has 1 amide bonds. The molecule has 0 bridgehead atoms. The highest BCUT2D eigenvalue weighted by Gasteiger charge is 2.49. The van der Waals surface area contributed by atoms with E-state index in [1.807, 2.05) is 0 Å². The van der Waals surface area contributed by atoms with Crippen LogP contribution in [0.25, 0.3) is 0 Å². The summed E-state index contributed by atoms with van der Waals surface area (Å²) in [6.45, 7) is 2.70. The summed E-state index contributed by atoms with van der Waals surface area (Å²) in [7, 11) is 0. The van der Waals surface area contributed by atoms with E-state index in [1.54, 1.807) is 0 Å². The maximum atomic E-state index is 11.7. The maximum absolute atomic E-state index is 11.7. The number of amides is 1. The highest BCUT2D eigenvalue weighted by Crippen LogP contribution is 2.45. The molecule has 2 saturated carbocycles. The first-order valence-electron chi connectivity index (χ1n) is 5.19. The number of carbonyl (C=O) groups excluding carboxylic acids is 1. The Kier molecular flexibility index (Phi) is 2.06. The molecule has 0 aromatic heterocycles. The third kappa shape index (κ3) is 1.46. The molecule has 3 heteroatoms. The summed E-state index contributed by atoms with van der Waals surface area (Å²) in [6, 6.07) is 0.427. The van der Waals surface area contributed by atoms with Gasteiger partial charge in [-0.2, -0.15) is 0 Å². The molecule has 3 nitrogen and oxygen atoms in total. The molecule has 13 heavy (non-hydrogen) atoms. The van der Waals surface area contributed by atoms with Gasteiger partial charge in [-0.1, -0.05) is 6.92 Å². The van der Waals surface area contributed by atoms with Crippen LogP contribution in [0.4, 0.5) is 0 Å². The summed E-state index contributed by atoms with van der Waals surface area (Å²) in [6.07, 6.45) is 4.36. The second kappa shape index (κ2) is 2.98. The van der Waals surface area contributed by atoms with E-state index in [2.05, 4.69) is 12.2 Å². The zero-order chi connectivity index (χ0) is 9.47. The molecule has 0 aromatic rings. The maximum Gasteiger partial charge on any atom is 0.227 e. The van der Waals surface area contributed by atoms with Gasteiger partial charge in [0.25, 0.3) is 0 Å². The molecule has 2 atom stereocenters. The van der Waals surface area contributed by atoms with Gasteiger partial charge in [-0.15, -0.1) is 0 Å². The van der Waals surface area contributed by atoms with E-state index < -0.39 is 0 Å². The van der Waals surface area contributed by atoms with Crippen molar-refractivity contribution in [1.82, 2.24) is 5.32 Å².